The highest BCUT2D eigenvalue weighted by Crippen LogP contribution is 2.36. The predicted octanol–water partition coefficient (Wildman–Crippen LogP) is 5.65. The number of hydrogen-bond donors (Lipinski definition) is 4. The standard InChI is InChI=1S/C30H29N5O4/c1-17-6-5-9-24(32-17)28-33-25-14-18(10-13-26(25)35(28)19-7-3-2-4-8-19)29(37)34-27(30(38)39)22-16-31-23-12-11-20(36)15-21(22)23/h5-6,9-16,19,27,31,36H,2-4,7-8H2,1H3,(H,34,37)(H,38,39)/t27-/m0/s1. The summed E-state index contributed by atoms with van der Waals surface area (Å²) < 4.78 is 2.26. The molecule has 4 N–H and O–H groups in total. The number of benzene rings is 2. The predicted molar refractivity (Wildman–Crippen MR) is 148 cm³/mol. The average Bonchev–Trinajstić information content (AvgIpc) is 3.53. The van der Waals surface area contributed by atoms with E-state index in [0.29, 0.717) is 33.6 Å². The van der Waals surface area contributed by atoms with E-state index in [0.717, 1.165) is 48.4 Å². The van der Waals surface area contributed by atoms with Crippen molar-refractivity contribution in [3.05, 3.63) is 77.6 Å². The summed E-state index contributed by atoms with van der Waals surface area (Å²) in [5, 5.41) is 23.0. The fraction of sp³-hybridized carbons (Fsp3) is 0.267. The van der Waals surface area contributed by atoms with Crippen LogP contribution in [-0.4, -0.2) is 41.6 Å². The van der Waals surface area contributed by atoms with Gasteiger partial charge in [-0.15, -0.1) is 0 Å². The number of fused-ring (bicyclic) bond motifs is 2. The number of carboxylic acid groups (broad SMARTS) is 1. The number of nitrogens with one attached hydrogen (secondary N) is 2. The van der Waals surface area contributed by atoms with E-state index < -0.39 is 17.9 Å². The number of amides is 1. The number of hydrogen-bond acceptors (Lipinski definition) is 5. The molecule has 1 amide bonds. The summed E-state index contributed by atoms with van der Waals surface area (Å²) in [4.78, 5) is 38.2. The Morgan fingerprint density at radius 1 is 1.05 bits per heavy atom. The third-order valence-electron chi connectivity index (χ3n) is 7.54. The van der Waals surface area contributed by atoms with Crippen molar-refractivity contribution in [1.82, 2.24) is 24.8 Å². The van der Waals surface area contributed by atoms with Crippen LogP contribution in [0.4, 0.5) is 0 Å². The lowest BCUT2D eigenvalue weighted by molar-refractivity contribution is -0.139. The molecule has 9 nitrogen and oxygen atoms in total. The number of carbonyl (C=O) groups is 2. The van der Waals surface area contributed by atoms with Crippen LogP contribution in [0.3, 0.4) is 0 Å². The summed E-state index contributed by atoms with van der Waals surface area (Å²) in [6.07, 6.45) is 7.22. The van der Waals surface area contributed by atoms with Crippen LogP contribution in [0.25, 0.3) is 33.5 Å². The lowest BCUT2D eigenvalue weighted by atomic mass is 9.95. The monoisotopic (exact) mass is 523 g/mol. The Bertz CT molecular complexity index is 1710. The molecule has 5 aromatic rings. The number of pyridine rings is 1. The zero-order valence-corrected chi connectivity index (χ0v) is 21.5. The number of aryl methyl sites for hydroxylation is 1. The van der Waals surface area contributed by atoms with Crippen LogP contribution >= 0.6 is 0 Å². The molecule has 39 heavy (non-hydrogen) atoms. The maximum atomic E-state index is 13.3. The number of aromatic amines is 1. The molecule has 1 saturated carbocycles. The molecule has 3 heterocycles. The summed E-state index contributed by atoms with van der Waals surface area (Å²) in [6.45, 7) is 1.95. The van der Waals surface area contributed by atoms with Crippen LogP contribution < -0.4 is 5.32 Å². The minimum atomic E-state index is -1.31. The van der Waals surface area contributed by atoms with Gasteiger partial charge in [-0.1, -0.05) is 25.3 Å². The van der Waals surface area contributed by atoms with Crippen molar-refractivity contribution in [3.8, 4) is 17.3 Å². The number of aliphatic carboxylic acids is 1. The van der Waals surface area contributed by atoms with Gasteiger partial charge in [0, 0.05) is 40.0 Å². The summed E-state index contributed by atoms with van der Waals surface area (Å²) in [5.41, 5.74) is 4.62. The van der Waals surface area contributed by atoms with E-state index in [1.807, 2.05) is 31.2 Å². The molecule has 1 aliphatic rings. The van der Waals surface area contributed by atoms with E-state index in [1.165, 1.54) is 18.6 Å². The first kappa shape index (κ1) is 24.7. The molecular weight excluding hydrogens is 494 g/mol. The molecule has 3 aromatic heterocycles. The molecule has 1 aliphatic carbocycles. The Hall–Kier alpha value is -4.66. The van der Waals surface area contributed by atoms with Crippen molar-refractivity contribution in [1.29, 1.82) is 0 Å². The summed E-state index contributed by atoms with van der Waals surface area (Å²) >= 11 is 0. The molecule has 0 saturated heterocycles. The Morgan fingerprint density at radius 3 is 2.64 bits per heavy atom. The van der Waals surface area contributed by atoms with Gasteiger partial charge in [0.25, 0.3) is 5.91 Å². The number of rotatable bonds is 6. The van der Waals surface area contributed by atoms with Crippen LogP contribution in [0.2, 0.25) is 0 Å². The van der Waals surface area contributed by atoms with Crippen molar-refractivity contribution in [2.75, 3.05) is 0 Å². The number of aromatic hydroxyl groups is 1. The molecular formula is C30H29N5O4. The van der Waals surface area contributed by atoms with Gasteiger partial charge in [-0.05, 0) is 68.3 Å². The lowest BCUT2D eigenvalue weighted by Crippen LogP contribution is -2.33. The van der Waals surface area contributed by atoms with Gasteiger partial charge >= 0.3 is 5.97 Å². The number of phenols is 1. The van der Waals surface area contributed by atoms with E-state index in [2.05, 4.69) is 14.9 Å². The molecule has 2 aromatic carbocycles. The fourth-order valence-corrected chi connectivity index (χ4v) is 5.65. The second kappa shape index (κ2) is 9.90. The van der Waals surface area contributed by atoms with Crippen molar-refractivity contribution >= 4 is 33.8 Å². The Labute approximate surface area is 224 Å². The van der Waals surface area contributed by atoms with Gasteiger partial charge in [0.1, 0.15) is 11.4 Å². The average molecular weight is 524 g/mol. The summed E-state index contributed by atoms with van der Waals surface area (Å²) in [6, 6.07) is 14.8. The van der Waals surface area contributed by atoms with Gasteiger partial charge in [0.2, 0.25) is 0 Å². The van der Waals surface area contributed by atoms with Gasteiger partial charge in [0.15, 0.2) is 11.9 Å². The number of H-pyrrole nitrogens is 1. The number of phenolic OH excluding ortho intramolecular Hbond substituents is 1. The summed E-state index contributed by atoms with van der Waals surface area (Å²) in [5.74, 6) is -0.943. The molecule has 0 spiro atoms. The quantitative estimate of drug-likeness (QED) is 0.227. The number of carbonyl (C=O) groups excluding carboxylic acids is 1. The Balaban J connectivity index is 1.37. The van der Waals surface area contributed by atoms with Crippen LogP contribution in [0.5, 0.6) is 5.75 Å². The first-order valence-electron chi connectivity index (χ1n) is 13.2. The van der Waals surface area contributed by atoms with Gasteiger partial charge in [-0.3, -0.25) is 4.79 Å². The maximum absolute atomic E-state index is 13.3. The van der Waals surface area contributed by atoms with Crippen molar-refractivity contribution in [2.45, 2.75) is 51.1 Å². The zero-order chi connectivity index (χ0) is 27.1. The SMILES string of the molecule is Cc1cccc(-c2nc3cc(C(=O)N[C@H](C(=O)O)c4c[nH]c5ccc(O)cc45)ccc3n2C2CCCCC2)n1. The third kappa shape index (κ3) is 4.60. The van der Waals surface area contributed by atoms with E-state index in [1.54, 1.807) is 24.4 Å². The molecule has 1 fully saturated rings. The molecule has 6 rings (SSSR count). The second-order valence-corrected chi connectivity index (χ2v) is 10.2. The van der Waals surface area contributed by atoms with Gasteiger partial charge < -0.3 is 25.1 Å². The van der Waals surface area contributed by atoms with Gasteiger partial charge in [0.05, 0.1) is 11.0 Å². The van der Waals surface area contributed by atoms with E-state index in [4.69, 9.17) is 9.97 Å². The van der Waals surface area contributed by atoms with Crippen LogP contribution in [0.1, 0.15) is 65.8 Å². The van der Waals surface area contributed by atoms with E-state index in [-0.39, 0.29) is 5.75 Å². The Kier molecular flexibility index (Phi) is 6.26. The van der Waals surface area contributed by atoms with Gasteiger partial charge in [-0.2, -0.15) is 0 Å². The first-order chi connectivity index (χ1) is 18.9. The number of aromatic nitrogens is 4. The number of carboxylic acids is 1. The molecule has 0 aliphatic heterocycles. The minimum Gasteiger partial charge on any atom is -0.508 e. The minimum absolute atomic E-state index is 0.0109. The molecule has 1 atom stereocenters. The van der Waals surface area contributed by atoms with Gasteiger partial charge in [-0.25, -0.2) is 14.8 Å². The molecule has 0 unspecified atom stereocenters. The van der Waals surface area contributed by atoms with Crippen LogP contribution in [0, 0.1) is 6.92 Å². The fourth-order valence-electron chi connectivity index (χ4n) is 5.65. The highest BCUT2D eigenvalue weighted by Gasteiger charge is 2.27. The van der Waals surface area contributed by atoms with E-state index >= 15 is 0 Å². The van der Waals surface area contributed by atoms with Crippen molar-refractivity contribution < 1.29 is 19.8 Å². The van der Waals surface area contributed by atoms with Crippen molar-refractivity contribution in [3.63, 3.8) is 0 Å². The van der Waals surface area contributed by atoms with Crippen molar-refractivity contribution in [2.24, 2.45) is 0 Å². The topological polar surface area (TPSA) is 133 Å². The molecule has 0 bridgehead atoms. The first-order valence-corrected chi connectivity index (χ1v) is 13.2. The third-order valence-corrected chi connectivity index (χ3v) is 7.54. The molecule has 198 valence electrons. The van der Waals surface area contributed by atoms with E-state index in [9.17, 15) is 19.8 Å². The normalized spacial score (nSPS) is 15.0. The molecule has 9 heteroatoms. The Morgan fingerprint density at radius 2 is 1.87 bits per heavy atom. The van der Waals surface area contributed by atoms with Crippen LogP contribution in [-0.2, 0) is 4.79 Å². The summed E-state index contributed by atoms with van der Waals surface area (Å²) in [7, 11) is 0. The second-order valence-electron chi connectivity index (χ2n) is 10.2. The molecule has 0 radical (unpaired) electrons. The maximum Gasteiger partial charge on any atom is 0.331 e. The number of nitrogens with zero attached hydrogens (tertiary/aromatic N) is 3. The highest BCUT2D eigenvalue weighted by molar-refractivity contribution is 6.01. The largest absolute Gasteiger partial charge is 0.508 e. The zero-order valence-electron chi connectivity index (χ0n) is 21.5. The lowest BCUT2D eigenvalue weighted by Gasteiger charge is -2.25. The number of imidazole rings is 1. The smallest absolute Gasteiger partial charge is 0.331 e. The van der Waals surface area contributed by atoms with Crippen LogP contribution in [0.15, 0.2) is 60.8 Å². The highest BCUT2D eigenvalue weighted by atomic mass is 16.4.